The fourth-order valence-electron chi connectivity index (χ4n) is 1.04. The van der Waals surface area contributed by atoms with Crippen LogP contribution in [0.4, 0.5) is 0 Å². The molecule has 0 radical (unpaired) electrons. The molecule has 0 unspecified atom stereocenters. The summed E-state index contributed by atoms with van der Waals surface area (Å²) in [5, 5.41) is 21.0. The van der Waals surface area contributed by atoms with E-state index in [1.165, 1.54) is 0 Å². The molecule has 0 atom stereocenters. The summed E-state index contributed by atoms with van der Waals surface area (Å²) in [4.78, 5) is 0. The Morgan fingerprint density at radius 3 is 1.93 bits per heavy atom. The lowest BCUT2D eigenvalue weighted by atomic mass is 10.1. The first-order valence-corrected chi connectivity index (χ1v) is 4.14. The van der Waals surface area contributed by atoms with E-state index in [0.717, 1.165) is 0 Å². The Labute approximate surface area is 91.2 Å². The number of aliphatic hydroxyl groups excluding tert-OH is 2. The van der Waals surface area contributed by atoms with Gasteiger partial charge in [0.2, 0.25) is 0 Å². The van der Waals surface area contributed by atoms with E-state index in [1.807, 2.05) is 0 Å². The molecule has 0 rings (SSSR count). The molecule has 0 bridgehead atoms. The van der Waals surface area contributed by atoms with Crippen LogP contribution in [0.2, 0.25) is 0 Å². The van der Waals surface area contributed by atoms with Crippen LogP contribution in [0, 0.1) is 0 Å². The van der Waals surface area contributed by atoms with E-state index in [2.05, 4.69) is 25.1 Å². The second-order valence-corrected chi connectivity index (χ2v) is 2.93. The second-order valence-electron chi connectivity index (χ2n) is 2.93. The highest BCUT2D eigenvalue weighted by Gasteiger charge is 2.09. The van der Waals surface area contributed by atoms with E-state index in [9.17, 15) is 0 Å². The molecule has 0 saturated carbocycles. The standard InChI is InChI=1S/C10H17NO2.ClH/c1-4-5-11-10(6-8(2)12)7-9(3)13;/h4,10-13H,1-3,5-7H2;1H. The van der Waals surface area contributed by atoms with Crippen LogP contribution >= 0.6 is 12.4 Å². The van der Waals surface area contributed by atoms with Gasteiger partial charge in [0.25, 0.3) is 0 Å². The predicted molar refractivity (Wildman–Crippen MR) is 62.0 cm³/mol. The van der Waals surface area contributed by atoms with Crippen molar-refractivity contribution in [1.82, 2.24) is 5.32 Å². The van der Waals surface area contributed by atoms with E-state index < -0.39 is 0 Å². The zero-order valence-corrected chi connectivity index (χ0v) is 9.02. The topological polar surface area (TPSA) is 52.5 Å². The molecule has 0 aromatic heterocycles. The molecular weight excluding hydrogens is 202 g/mol. The summed E-state index contributed by atoms with van der Waals surface area (Å²) < 4.78 is 0. The van der Waals surface area contributed by atoms with Gasteiger partial charge in [-0.05, 0) is 0 Å². The van der Waals surface area contributed by atoms with Crippen LogP contribution in [-0.4, -0.2) is 22.8 Å². The van der Waals surface area contributed by atoms with Crippen molar-refractivity contribution in [3.8, 4) is 0 Å². The maximum atomic E-state index is 8.96. The molecule has 0 spiro atoms. The van der Waals surface area contributed by atoms with Crippen LogP contribution < -0.4 is 5.32 Å². The summed E-state index contributed by atoms with van der Waals surface area (Å²) in [7, 11) is 0. The summed E-state index contributed by atoms with van der Waals surface area (Å²) in [5.41, 5.74) is 0. The third kappa shape index (κ3) is 9.16. The lowest BCUT2D eigenvalue weighted by molar-refractivity contribution is 0.328. The Bertz CT molecular complexity index is 188. The summed E-state index contributed by atoms with van der Waals surface area (Å²) in [5.74, 6) is 0.200. The number of aliphatic hydroxyl groups is 2. The number of halogens is 1. The molecular formula is C10H18ClNO2. The SMILES string of the molecule is C=CCNC(CC(=C)O)CC(=C)O.Cl. The van der Waals surface area contributed by atoms with E-state index >= 15 is 0 Å². The highest BCUT2D eigenvalue weighted by atomic mass is 35.5. The van der Waals surface area contributed by atoms with Crippen LogP contribution in [0.3, 0.4) is 0 Å². The first-order valence-electron chi connectivity index (χ1n) is 4.14. The predicted octanol–water partition coefficient (Wildman–Crippen LogP) is 2.48. The van der Waals surface area contributed by atoms with Crippen molar-refractivity contribution in [2.45, 2.75) is 18.9 Å². The van der Waals surface area contributed by atoms with Crippen LogP contribution in [0.5, 0.6) is 0 Å². The molecule has 0 aliphatic rings. The summed E-state index contributed by atoms with van der Waals surface area (Å²) >= 11 is 0. The average molecular weight is 220 g/mol. The molecule has 82 valence electrons. The minimum Gasteiger partial charge on any atom is -0.513 e. The van der Waals surface area contributed by atoms with Crippen molar-refractivity contribution in [2.75, 3.05) is 6.54 Å². The monoisotopic (exact) mass is 219 g/mol. The maximum absolute atomic E-state index is 8.96. The summed E-state index contributed by atoms with van der Waals surface area (Å²) in [6, 6.07) is -0.0343. The highest BCUT2D eigenvalue weighted by molar-refractivity contribution is 5.85. The normalized spacial score (nSPS) is 9.21. The molecule has 0 aromatic carbocycles. The van der Waals surface area contributed by atoms with Gasteiger partial charge >= 0.3 is 0 Å². The van der Waals surface area contributed by atoms with Crippen molar-refractivity contribution < 1.29 is 10.2 Å². The molecule has 0 amide bonds. The average Bonchev–Trinajstić information content (AvgIpc) is 1.98. The van der Waals surface area contributed by atoms with Gasteiger partial charge < -0.3 is 15.5 Å². The fourth-order valence-corrected chi connectivity index (χ4v) is 1.04. The Morgan fingerprint density at radius 1 is 1.21 bits per heavy atom. The molecule has 14 heavy (non-hydrogen) atoms. The van der Waals surface area contributed by atoms with Crippen molar-refractivity contribution in [2.24, 2.45) is 0 Å². The summed E-state index contributed by atoms with van der Waals surface area (Å²) in [6.45, 7) is 11.0. The molecule has 4 heteroatoms. The van der Waals surface area contributed by atoms with Gasteiger partial charge in [-0.25, -0.2) is 0 Å². The van der Waals surface area contributed by atoms with E-state index in [-0.39, 0.29) is 30.0 Å². The van der Waals surface area contributed by atoms with Crippen molar-refractivity contribution in [3.05, 3.63) is 37.3 Å². The number of rotatable bonds is 7. The Kier molecular flexibility index (Phi) is 9.61. The van der Waals surface area contributed by atoms with Gasteiger partial charge in [-0.15, -0.1) is 19.0 Å². The minimum atomic E-state index is -0.0343. The lowest BCUT2D eigenvalue weighted by Crippen LogP contribution is -2.30. The molecule has 0 aliphatic heterocycles. The molecule has 3 N–H and O–H groups in total. The lowest BCUT2D eigenvalue weighted by Gasteiger charge is -2.16. The van der Waals surface area contributed by atoms with Crippen LogP contribution in [0.15, 0.2) is 37.3 Å². The Hall–Kier alpha value is -0.930. The van der Waals surface area contributed by atoms with Gasteiger partial charge in [-0.2, -0.15) is 0 Å². The van der Waals surface area contributed by atoms with Crippen molar-refractivity contribution in [3.63, 3.8) is 0 Å². The molecule has 0 aromatic rings. The van der Waals surface area contributed by atoms with Crippen molar-refractivity contribution in [1.29, 1.82) is 0 Å². The van der Waals surface area contributed by atoms with Gasteiger partial charge in [-0.1, -0.05) is 19.2 Å². The van der Waals surface area contributed by atoms with Crippen LogP contribution in [0.25, 0.3) is 0 Å². The molecule has 0 saturated heterocycles. The third-order valence-electron chi connectivity index (χ3n) is 1.51. The maximum Gasteiger partial charge on any atom is 0.0866 e. The van der Waals surface area contributed by atoms with Gasteiger partial charge in [0, 0.05) is 25.4 Å². The molecule has 0 heterocycles. The minimum absolute atomic E-state index is 0. The quantitative estimate of drug-likeness (QED) is 0.456. The third-order valence-corrected chi connectivity index (χ3v) is 1.51. The Morgan fingerprint density at radius 2 is 1.64 bits per heavy atom. The zero-order valence-electron chi connectivity index (χ0n) is 8.20. The van der Waals surface area contributed by atoms with Gasteiger partial charge in [0.15, 0.2) is 0 Å². The van der Waals surface area contributed by atoms with E-state index in [0.29, 0.717) is 19.4 Å². The highest BCUT2D eigenvalue weighted by Crippen LogP contribution is 2.07. The smallest absolute Gasteiger partial charge is 0.0866 e. The van der Waals surface area contributed by atoms with Gasteiger partial charge in [0.1, 0.15) is 0 Å². The first kappa shape index (κ1) is 15.5. The zero-order chi connectivity index (χ0) is 10.3. The van der Waals surface area contributed by atoms with Crippen LogP contribution in [0.1, 0.15) is 12.8 Å². The Balaban J connectivity index is 0. The fraction of sp³-hybridized carbons (Fsp3) is 0.400. The van der Waals surface area contributed by atoms with Crippen LogP contribution in [-0.2, 0) is 0 Å². The number of hydrogen-bond donors (Lipinski definition) is 3. The molecule has 0 aliphatic carbocycles. The van der Waals surface area contributed by atoms with Gasteiger partial charge in [-0.3, -0.25) is 0 Å². The largest absolute Gasteiger partial charge is 0.513 e. The summed E-state index contributed by atoms with van der Waals surface area (Å²) in [6.07, 6.45) is 2.54. The molecule has 3 nitrogen and oxygen atoms in total. The number of hydrogen-bond acceptors (Lipinski definition) is 3. The second kappa shape index (κ2) is 8.66. The van der Waals surface area contributed by atoms with E-state index in [1.54, 1.807) is 6.08 Å². The first-order chi connectivity index (χ1) is 6.06. The van der Waals surface area contributed by atoms with E-state index in [4.69, 9.17) is 10.2 Å². The van der Waals surface area contributed by atoms with Gasteiger partial charge in [0.05, 0.1) is 11.5 Å². The van der Waals surface area contributed by atoms with Crippen molar-refractivity contribution >= 4 is 12.4 Å². The number of nitrogens with one attached hydrogen (secondary N) is 1. The molecule has 0 fully saturated rings.